The quantitative estimate of drug-likeness (QED) is 0.424. The molecule has 4 fully saturated rings. The maximum Gasteiger partial charge on any atom is 0.302 e. The van der Waals surface area contributed by atoms with Gasteiger partial charge in [-0.3, -0.25) is 14.4 Å². The normalized spacial score (nSPS) is 41.6. The number of carbonyl (C=O) groups is 3. The Bertz CT molecular complexity index is 1060. The van der Waals surface area contributed by atoms with Crippen molar-refractivity contribution >= 4 is 35.2 Å². The number of fused-ring (bicyclic) bond motifs is 5. The molecule has 0 aromatic heterocycles. The lowest BCUT2D eigenvalue weighted by Gasteiger charge is -2.61. The number of anilines is 1. The molecule has 7 heteroatoms. The Morgan fingerprint density at radius 2 is 1.61 bits per heavy atom. The number of hydrogen-bond acceptors (Lipinski definition) is 7. The Morgan fingerprint density at radius 1 is 0.944 bits per heavy atom. The average Bonchev–Trinajstić information content (AvgIpc) is 3.12. The lowest BCUT2D eigenvalue weighted by Crippen LogP contribution is -2.61. The van der Waals surface area contributed by atoms with Gasteiger partial charge in [-0.1, -0.05) is 26.0 Å². The molecule has 0 amide bonds. The topological polar surface area (TPSA) is 95.7 Å². The highest BCUT2D eigenvalue weighted by Gasteiger charge is 2.65. The molecule has 4 saturated carbocycles. The molecule has 9 atom stereocenters. The maximum atomic E-state index is 14.1. The van der Waals surface area contributed by atoms with Crippen LogP contribution < -0.4 is 5.73 Å². The molecule has 196 valence electrons. The second-order valence-electron chi connectivity index (χ2n) is 12.1. The van der Waals surface area contributed by atoms with E-state index in [9.17, 15) is 14.4 Å². The predicted molar refractivity (Wildman–Crippen MR) is 139 cm³/mol. The summed E-state index contributed by atoms with van der Waals surface area (Å²) in [5.74, 6) is 0.746. The molecule has 0 bridgehead atoms. The minimum atomic E-state index is -0.306. The van der Waals surface area contributed by atoms with E-state index in [0.717, 1.165) is 43.4 Å². The number of nitrogen functional groups attached to an aromatic ring is 1. The first-order valence-electron chi connectivity index (χ1n) is 13.4. The highest BCUT2D eigenvalue weighted by Crippen LogP contribution is 2.67. The molecule has 7 unspecified atom stereocenters. The molecule has 1 aromatic carbocycles. The fourth-order valence-electron chi connectivity index (χ4n) is 8.64. The molecule has 4 aliphatic carbocycles. The van der Waals surface area contributed by atoms with Crippen molar-refractivity contribution in [2.45, 2.75) is 95.0 Å². The number of nitrogens with two attached hydrogens (primary N) is 1. The van der Waals surface area contributed by atoms with Gasteiger partial charge >= 0.3 is 11.9 Å². The number of esters is 2. The summed E-state index contributed by atoms with van der Waals surface area (Å²) in [4.78, 5) is 38.8. The molecule has 4 aliphatic rings. The third-order valence-corrected chi connectivity index (χ3v) is 11.6. The zero-order valence-corrected chi connectivity index (χ0v) is 22.6. The van der Waals surface area contributed by atoms with Crippen molar-refractivity contribution in [2.75, 3.05) is 5.73 Å². The summed E-state index contributed by atoms with van der Waals surface area (Å²) >= 11 is 1.61. The summed E-state index contributed by atoms with van der Waals surface area (Å²) in [6, 6.07) is 7.74. The average molecular weight is 514 g/mol. The van der Waals surface area contributed by atoms with Gasteiger partial charge in [0.25, 0.3) is 0 Å². The van der Waals surface area contributed by atoms with Crippen LogP contribution in [-0.2, 0) is 23.9 Å². The Kier molecular flexibility index (Phi) is 6.67. The fourth-order valence-corrected chi connectivity index (χ4v) is 10.2. The van der Waals surface area contributed by atoms with Gasteiger partial charge in [0.1, 0.15) is 18.0 Å². The molecule has 6 nitrogen and oxygen atoms in total. The van der Waals surface area contributed by atoms with Crippen molar-refractivity contribution in [3.8, 4) is 0 Å². The zero-order valence-electron chi connectivity index (χ0n) is 21.8. The first-order valence-corrected chi connectivity index (χ1v) is 14.3. The van der Waals surface area contributed by atoms with Gasteiger partial charge in [-0.25, -0.2) is 0 Å². The summed E-state index contributed by atoms with van der Waals surface area (Å²) in [5, 5.41) is -0.156. The van der Waals surface area contributed by atoms with Crippen molar-refractivity contribution in [3.63, 3.8) is 0 Å². The van der Waals surface area contributed by atoms with Gasteiger partial charge in [-0.05, 0) is 73.8 Å². The molecule has 0 aliphatic heterocycles. The minimum Gasteiger partial charge on any atom is -0.462 e. The zero-order chi connectivity index (χ0) is 25.8. The van der Waals surface area contributed by atoms with Gasteiger partial charge in [0.2, 0.25) is 0 Å². The molecule has 0 spiro atoms. The lowest BCUT2D eigenvalue weighted by atomic mass is 9.44. The van der Waals surface area contributed by atoms with Crippen molar-refractivity contribution in [1.82, 2.24) is 0 Å². The highest BCUT2D eigenvalue weighted by atomic mass is 32.2. The van der Waals surface area contributed by atoms with Gasteiger partial charge in [-0.2, -0.15) is 0 Å². The van der Waals surface area contributed by atoms with Crippen LogP contribution in [0.2, 0.25) is 0 Å². The third kappa shape index (κ3) is 4.15. The van der Waals surface area contributed by atoms with Gasteiger partial charge in [0, 0.05) is 42.2 Å². The summed E-state index contributed by atoms with van der Waals surface area (Å²) in [7, 11) is 0. The molecule has 0 radical (unpaired) electrons. The standard InChI is InChI=1S/C29H39NO5S/c1-16(31)34-23-12-14-29(4)20-11-13-28(3)19(9-10-25(28)35-17(2)32)18(20)15-22(33)26(29)27(23)36-24-8-6-5-7-21(24)30/h5-8,18-20,23,25-27H,9-15,30H2,1-4H3/t18?,19?,20?,23?,25?,26?,27?,28-,29+/m0/s1. The number of carbonyl (C=O) groups excluding carboxylic acids is 3. The summed E-state index contributed by atoms with van der Waals surface area (Å²) in [6.07, 6.45) is 5.79. The van der Waals surface area contributed by atoms with Crippen LogP contribution in [0, 0.1) is 34.5 Å². The Labute approximate surface area is 218 Å². The van der Waals surface area contributed by atoms with Crippen molar-refractivity contribution in [2.24, 2.45) is 34.5 Å². The van der Waals surface area contributed by atoms with E-state index < -0.39 is 0 Å². The molecular formula is C29H39NO5S. The molecule has 0 saturated heterocycles. The second kappa shape index (κ2) is 9.38. The number of rotatable bonds is 4. The Hall–Kier alpha value is -2.02. The van der Waals surface area contributed by atoms with E-state index >= 15 is 0 Å². The first kappa shape index (κ1) is 25.6. The van der Waals surface area contributed by atoms with Gasteiger partial charge in [-0.15, -0.1) is 11.8 Å². The monoisotopic (exact) mass is 513 g/mol. The van der Waals surface area contributed by atoms with Gasteiger partial charge in [0.15, 0.2) is 0 Å². The number of ketones is 1. The van der Waals surface area contributed by atoms with Gasteiger partial charge in [0.05, 0.1) is 5.25 Å². The fraction of sp³-hybridized carbons (Fsp3) is 0.690. The SMILES string of the molecule is CC(=O)OC1CC[C@]2(C)C3CC[C@]4(C)C(OC(C)=O)CCC4C3CC(=O)C2C1Sc1ccccc1N. The number of benzene rings is 1. The summed E-state index contributed by atoms with van der Waals surface area (Å²) in [6.45, 7) is 7.55. The number of para-hydroxylation sites is 1. The van der Waals surface area contributed by atoms with E-state index in [1.807, 2.05) is 24.3 Å². The van der Waals surface area contributed by atoms with Crippen molar-refractivity contribution in [3.05, 3.63) is 24.3 Å². The van der Waals surface area contributed by atoms with E-state index in [1.165, 1.54) is 13.8 Å². The number of hydrogen-bond donors (Lipinski definition) is 1. The predicted octanol–water partition coefficient (Wildman–Crippen LogP) is 5.42. The molecule has 2 N–H and O–H groups in total. The van der Waals surface area contributed by atoms with Crippen LogP contribution in [0.15, 0.2) is 29.2 Å². The molecule has 0 heterocycles. The second-order valence-corrected chi connectivity index (χ2v) is 13.3. The van der Waals surface area contributed by atoms with Gasteiger partial charge < -0.3 is 15.2 Å². The van der Waals surface area contributed by atoms with Crippen LogP contribution >= 0.6 is 11.8 Å². The smallest absolute Gasteiger partial charge is 0.302 e. The molecule has 1 aromatic rings. The summed E-state index contributed by atoms with van der Waals surface area (Å²) in [5.41, 5.74) is 6.77. The number of Topliss-reactive ketones (excluding diaryl/α,β-unsaturated/α-hetero) is 1. The van der Waals surface area contributed by atoms with E-state index in [1.54, 1.807) is 11.8 Å². The van der Waals surface area contributed by atoms with E-state index in [4.69, 9.17) is 15.2 Å². The van der Waals surface area contributed by atoms with Crippen LogP contribution in [0.25, 0.3) is 0 Å². The van der Waals surface area contributed by atoms with Crippen LogP contribution in [0.5, 0.6) is 0 Å². The largest absolute Gasteiger partial charge is 0.462 e. The highest BCUT2D eigenvalue weighted by molar-refractivity contribution is 8.00. The molecule has 5 rings (SSSR count). The minimum absolute atomic E-state index is 0.0503. The van der Waals surface area contributed by atoms with E-state index in [0.29, 0.717) is 35.6 Å². The van der Waals surface area contributed by atoms with Crippen molar-refractivity contribution < 1.29 is 23.9 Å². The first-order chi connectivity index (χ1) is 17.0. The van der Waals surface area contributed by atoms with E-state index in [-0.39, 0.29) is 46.1 Å². The summed E-state index contributed by atoms with van der Waals surface area (Å²) < 4.78 is 11.6. The number of ether oxygens (including phenoxy) is 2. The molecular weight excluding hydrogens is 474 g/mol. The van der Waals surface area contributed by atoms with Crippen LogP contribution in [0.1, 0.15) is 72.6 Å². The van der Waals surface area contributed by atoms with E-state index in [2.05, 4.69) is 13.8 Å². The Balaban J connectivity index is 1.47. The molecule has 36 heavy (non-hydrogen) atoms. The van der Waals surface area contributed by atoms with Crippen molar-refractivity contribution in [1.29, 1.82) is 0 Å². The van der Waals surface area contributed by atoms with Crippen LogP contribution in [0.3, 0.4) is 0 Å². The third-order valence-electron chi connectivity index (χ3n) is 10.2. The Morgan fingerprint density at radius 3 is 2.31 bits per heavy atom. The maximum absolute atomic E-state index is 14.1. The lowest BCUT2D eigenvalue weighted by molar-refractivity contribution is -0.173. The van der Waals surface area contributed by atoms with Crippen LogP contribution in [-0.4, -0.2) is 35.2 Å². The number of thioether (sulfide) groups is 1. The van der Waals surface area contributed by atoms with Crippen LogP contribution in [0.4, 0.5) is 5.69 Å².